The van der Waals surface area contributed by atoms with E-state index in [1.165, 1.54) is 11.8 Å². The van der Waals surface area contributed by atoms with Crippen molar-refractivity contribution in [1.82, 2.24) is 10.3 Å². The van der Waals surface area contributed by atoms with E-state index < -0.39 is 12.0 Å². The van der Waals surface area contributed by atoms with E-state index in [1.807, 2.05) is 24.3 Å². The molecular formula is C12H12N2O4S. The summed E-state index contributed by atoms with van der Waals surface area (Å²) in [5, 5.41) is 11.1. The van der Waals surface area contributed by atoms with Crippen LogP contribution in [0, 0.1) is 0 Å². The Kier molecular flexibility index (Phi) is 4.40. The minimum atomic E-state index is -1.06. The molecule has 1 heterocycles. The second-order valence-corrected chi connectivity index (χ2v) is 4.80. The SMILES string of the molecule is O=CNC(CSCc1nc2ccccc2o1)C(=O)O. The molecule has 100 valence electrons. The van der Waals surface area contributed by atoms with Crippen LogP contribution in [0.4, 0.5) is 0 Å². The summed E-state index contributed by atoms with van der Waals surface area (Å²) in [6, 6.07) is 6.51. The molecule has 1 aromatic carbocycles. The second kappa shape index (κ2) is 6.24. The molecule has 19 heavy (non-hydrogen) atoms. The number of nitrogens with zero attached hydrogens (tertiary/aromatic N) is 1. The quantitative estimate of drug-likeness (QED) is 0.742. The second-order valence-electron chi connectivity index (χ2n) is 3.77. The van der Waals surface area contributed by atoms with Crippen molar-refractivity contribution in [3.05, 3.63) is 30.2 Å². The summed E-state index contributed by atoms with van der Waals surface area (Å²) in [6.45, 7) is 0. The molecule has 1 unspecified atom stereocenters. The Morgan fingerprint density at radius 2 is 2.32 bits per heavy atom. The number of rotatable bonds is 7. The number of carbonyl (C=O) groups is 2. The number of fused-ring (bicyclic) bond motifs is 1. The first-order chi connectivity index (χ1) is 9.20. The molecule has 0 aliphatic rings. The molecule has 0 fully saturated rings. The Labute approximate surface area is 113 Å². The van der Waals surface area contributed by atoms with Crippen molar-refractivity contribution < 1.29 is 19.1 Å². The number of carboxylic acids is 1. The number of hydrogen-bond acceptors (Lipinski definition) is 5. The van der Waals surface area contributed by atoms with E-state index in [2.05, 4.69) is 10.3 Å². The van der Waals surface area contributed by atoms with Gasteiger partial charge >= 0.3 is 5.97 Å². The van der Waals surface area contributed by atoms with Crippen molar-refractivity contribution in [3.8, 4) is 0 Å². The zero-order chi connectivity index (χ0) is 13.7. The van der Waals surface area contributed by atoms with Crippen LogP contribution < -0.4 is 5.32 Å². The highest BCUT2D eigenvalue weighted by molar-refractivity contribution is 7.98. The summed E-state index contributed by atoms with van der Waals surface area (Å²) >= 11 is 1.34. The monoisotopic (exact) mass is 280 g/mol. The van der Waals surface area contributed by atoms with Gasteiger partial charge in [0.2, 0.25) is 12.3 Å². The normalized spacial score (nSPS) is 12.2. The van der Waals surface area contributed by atoms with Crippen molar-refractivity contribution in [2.75, 3.05) is 5.75 Å². The van der Waals surface area contributed by atoms with Crippen molar-refractivity contribution in [2.24, 2.45) is 0 Å². The molecule has 1 atom stereocenters. The summed E-state index contributed by atoms with van der Waals surface area (Å²) in [5.41, 5.74) is 1.48. The molecule has 0 aliphatic carbocycles. The highest BCUT2D eigenvalue weighted by Crippen LogP contribution is 2.19. The van der Waals surface area contributed by atoms with Gasteiger partial charge in [0.1, 0.15) is 11.6 Å². The first-order valence-corrected chi connectivity index (χ1v) is 6.71. The lowest BCUT2D eigenvalue weighted by Gasteiger charge is -2.09. The molecule has 7 heteroatoms. The summed E-state index contributed by atoms with van der Waals surface area (Å²) in [6.07, 6.45) is 0.388. The number of para-hydroxylation sites is 2. The first-order valence-electron chi connectivity index (χ1n) is 5.55. The van der Waals surface area contributed by atoms with Gasteiger partial charge in [0, 0.05) is 5.75 Å². The van der Waals surface area contributed by atoms with Crippen LogP contribution in [0.2, 0.25) is 0 Å². The van der Waals surface area contributed by atoms with Crippen molar-refractivity contribution in [3.63, 3.8) is 0 Å². The number of carboxylic acid groups (broad SMARTS) is 1. The molecule has 0 saturated carbocycles. The number of aliphatic carboxylic acids is 1. The van der Waals surface area contributed by atoms with Crippen molar-refractivity contribution in [1.29, 1.82) is 0 Å². The topological polar surface area (TPSA) is 92.4 Å². The maximum Gasteiger partial charge on any atom is 0.327 e. The van der Waals surface area contributed by atoms with Gasteiger partial charge in [0.05, 0.1) is 5.75 Å². The Bertz CT molecular complexity index is 551. The molecule has 0 bridgehead atoms. The fraction of sp³-hybridized carbons (Fsp3) is 0.250. The third-order valence-electron chi connectivity index (χ3n) is 2.42. The van der Waals surface area contributed by atoms with E-state index in [0.717, 1.165) is 5.52 Å². The highest BCUT2D eigenvalue weighted by atomic mass is 32.2. The molecule has 6 nitrogen and oxygen atoms in total. The lowest BCUT2D eigenvalue weighted by molar-refractivity contribution is -0.139. The summed E-state index contributed by atoms with van der Waals surface area (Å²) in [7, 11) is 0. The molecule has 1 amide bonds. The number of carbonyl (C=O) groups excluding carboxylic acids is 1. The fourth-order valence-corrected chi connectivity index (χ4v) is 2.41. The standard InChI is InChI=1S/C12H12N2O4S/c15-7-13-9(12(16)17)5-19-6-11-14-8-3-1-2-4-10(8)18-11/h1-4,7,9H,5-6H2,(H,13,15)(H,16,17). The number of oxazole rings is 1. The van der Waals surface area contributed by atoms with Gasteiger partial charge in [0.15, 0.2) is 5.58 Å². The van der Waals surface area contributed by atoms with E-state index in [4.69, 9.17) is 9.52 Å². The maximum atomic E-state index is 10.8. The predicted octanol–water partition coefficient (Wildman–Crippen LogP) is 1.26. The van der Waals surface area contributed by atoms with Crippen LogP contribution in [0.5, 0.6) is 0 Å². The van der Waals surface area contributed by atoms with Gasteiger partial charge < -0.3 is 14.8 Å². The van der Waals surface area contributed by atoms with Gasteiger partial charge in [-0.2, -0.15) is 0 Å². The van der Waals surface area contributed by atoms with Crippen LogP contribution in [0.1, 0.15) is 5.89 Å². The third kappa shape index (κ3) is 3.47. The van der Waals surface area contributed by atoms with Gasteiger partial charge in [-0.15, -0.1) is 11.8 Å². The van der Waals surface area contributed by atoms with E-state index in [-0.39, 0.29) is 5.75 Å². The number of hydrogen-bond donors (Lipinski definition) is 2. The van der Waals surface area contributed by atoms with Crippen LogP contribution in [0.25, 0.3) is 11.1 Å². The van der Waals surface area contributed by atoms with Crippen molar-refractivity contribution >= 4 is 35.2 Å². The Hall–Kier alpha value is -2.02. The molecule has 0 radical (unpaired) electrons. The van der Waals surface area contributed by atoms with Gasteiger partial charge in [-0.05, 0) is 12.1 Å². The molecule has 2 rings (SSSR count). The molecule has 0 saturated heterocycles. The van der Waals surface area contributed by atoms with Crippen molar-refractivity contribution in [2.45, 2.75) is 11.8 Å². The smallest absolute Gasteiger partial charge is 0.327 e. The van der Waals surface area contributed by atoms with Gasteiger partial charge in [-0.3, -0.25) is 4.79 Å². The van der Waals surface area contributed by atoms with Gasteiger partial charge in [-0.25, -0.2) is 9.78 Å². The maximum absolute atomic E-state index is 10.8. The lowest BCUT2D eigenvalue weighted by atomic mass is 10.3. The minimum Gasteiger partial charge on any atom is -0.480 e. The summed E-state index contributed by atoms with van der Waals surface area (Å²) in [5.74, 6) is 0.199. The minimum absolute atomic E-state index is 0.257. The Morgan fingerprint density at radius 3 is 3.00 bits per heavy atom. The molecule has 0 spiro atoms. The number of benzene rings is 1. The Balaban J connectivity index is 1.91. The first kappa shape index (κ1) is 13.4. The van der Waals surface area contributed by atoms with E-state index in [0.29, 0.717) is 23.6 Å². The van der Waals surface area contributed by atoms with Gasteiger partial charge in [-0.1, -0.05) is 12.1 Å². The average Bonchev–Trinajstić information content (AvgIpc) is 2.80. The van der Waals surface area contributed by atoms with Crippen LogP contribution in [0.3, 0.4) is 0 Å². The predicted molar refractivity (Wildman–Crippen MR) is 70.8 cm³/mol. The average molecular weight is 280 g/mol. The summed E-state index contributed by atoms with van der Waals surface area (Å²) in [4.78, 5) is 25.3. The lowest BCUT2D eigenvalue weighted by Crippen LogP contribution is -2.37. The molecule has 2 aromatic rings. The molecule has 0 aliphatic heterocycles. The van der Waals surface area contributed by atoms with Crippen LogP contribution in [-0.2, 0) is 15.3 Å². The molecule has 2 N–H and O–H groups in total. The fourth-order valence-electron chi connectivity index (χ4n) is 1.52. The molecular weight excluding hydrogens is 268 g/mol. The van der Waals surface area contributed by atoms with E-state index in [1.54, 1.807) is 0 Å². The zero-order valence-corrected chi connectivity index (χ0v) is 10.7. The zero-order valence-electron chi connectivity index (χ0n) is 9.91. The third-order valence-corrected chi connectivity index (χ3v) is 3.44. The Morgan fingerprint density at radius 1 is 1.53 bits per heavy atom. The number of aromatic nitrogens is 1. The number of thioether (sulfide) groups is 1. The van der Waals surface area contributed by atoms with Crippen LogP contribution in [-0.4, -0.2) is 34.3 Å². The number of amides is 1. The van der Waals surface area contributed by atoms with Crippen LogP contribution in [0.15, 0.2) is 28.7 Å². The highest BCUT2D eigenvalue weighted by Gasteiger charge is 2.16. The van der Waals surface area contributed by atoms with Crippen LogP contribution >= 0.6 is 11.8 Å². The summed E-state index contributed by atoms with van der Waals surface area (Å²) < 4.78 is 5.50. The number of nitrogens with one attached hydrogen (secondary N) is 1. The van der Waals surface area contributed by atoms with Gasteiger partial charge in [0.25, 0.3) is 0 Å². The van der Waals surface area contributed by atoms with E-state index >= 15 is 0 Å². The largest absolute Gasteiger partial charge is 0.480 e. The molecule has 1 aromatic heterocycles. The van der Waals surface area contributed by atoms with E-state index in [9.17, 15) is 9.59 Å².